The molecule has 23 heavy (non-hydrogen) atoms. The highest BCUT2D eigenvalue weighted by molar-refractivity contribution is 7.19. The van der Waals surface area contributed by atoms with Crippen LogP contribution in [0.2, 0.25) is 0 Å². The molecule has 0 aromatic carbocycles. The maximum absolute atomic E-state index is 5.95. The molecule has 0 atom stereocenters. The van der Waals surface area contributed by atoms with E-state index in [0.717, 1.165) is 17.1 Å². The number of thiophene rings is 1. The van der Waals surface area contributed by atoms with Crippen LogP contribution in [0.1, 0.15) is 42.5 Å². The van der Waals surface area contributed by atoms with Crippen molar-refractivity contribution in [3.8, 4) is 0 Å². The molecule has 2 aromatic heterocycles. The zero-order chi connectivity index (χ0) is 16.0. The van der Waals surface area contributed by atoms with Crippen molar-refractivity contribution in [1.82, 2.24) is 14.9 Å². The van der Waals surface area contributed by atoms with Gasteiger partial charge in [0.15, 0.2) is 0 Å². The summed E-state index contributed by atoms with van der Waals surface area (Å²) in [5.74, 6) is 1.36. The van der Waals surface area contributed by atoms with Crippen molar-refractivity contribution in [2.45, 2.75) is 57.0 Å². The Bertz CT molecular complexity index is 715. The highest BCUT2D eigenvalue weighted by Crippen LogP contribution is 2.40. The normalized spacial score (nSPS) is 24.3. The van der Waals surface area contributed by atoms with Crippen molar-refractivity contribution in [3.05, 3.63) is 10.4 Å². The lowest BCUT2D eigenvalue weighted by Crippen LogP contribution is -2.36. The summed E-state index contributed by atoms with van der Waals surface area (Å²) in [6.45, 7) is 0. The van der Waals surface area contributed by atoms with Gasteiger partial charge in [-0.1, -0.05) is 0 Å². The lowest BCUT2D eigenvalue weighted by Gasteiger charge is -2.33. The molecule has 2 aliphatic rings. The van der Waals surface area contributed by atoms with E-state index >= 15 is 0 Å². The van der Waals surface area contributed by atoms with E-state index < -0.39 is 0 Å². The summed E-state index contributed by atoms with van der Waals surface area (Å²) in [6.07, 6.45) is 8.48. The van der Waals surface area contributed by atoms with Gasteiger partial charge >= 0.3 is 0 Å². The van der Waals surface area contributed by atoms with E-state index in [1.54, 1.807) is 11.3 Å². The van der Waals surface area contributed by atoms with Crippen LogP contribution in [0.25, 0.3) is 10.2 Å². The average molecular weight is 331 g/mol. The van der Waals surface area contributed by atoms with E-state index in [-0.39, 0.29) is 0 Å². The molecular formula is C17H25N5S. The Hall–Kier alpha value is -1.40. The summed E-state index contributed by atoms with van der Waals surface area (Å²) < 4.78 is 0. The Labute approximate surface area is 141 Å². The highest BCUT2D eigenvalue weighted by Gasteiger charge is 2.26. The lowest BCUT2D eigenvalue weighted by molar-refractivity contribution is 0.221. The van der Waals surface area contributed by atoms with Crippen molar-refractivity contribution in [1.29, 1.82) is 0 Å². The second-order valence-electron chi connectivity index (χ2n) is 7.08. The Morgan fingerprint density at radius 3 is 2.65 bits per heavy atom. The van der Waals surface area contributed by atoms with Gasteiger partial charge in [0.05, 0.1) is 5.39 Å². The molecule has 4 rings (SSSR count). The fraction of sp³-hybridized carbons (Fsp3) is 0.647. The van der Waals surface area contributed by atoms with Crippen LogP contribution in [-0.4, -0.2) is 41.0 Å². The molecule has 6 heteroatoms. The molecule has 1 fully saturated rings. The number of rotatable bonds is 3. The predicted octanol–water partition coefficient (Wildman–Crippen LogP) is 3.05. The summed E-state index contributed by atoms with van der Waals surface area (Å²) in [6, 6.07) is 1.22. The summed E-state index contributed by atoms with van der Waals surface area (Å²) in [4.78, 5) is 13.9. The topological polar surface area (TPSA) is 67.1 Å². The van der Waals surface area contributed by atoms with Crippen LogP contribution in [0.3, 0.4) is 0 Å². The van der Waals surface area contributed by atoms with Gasteiger partial charge in [-0.2, -0.15) is 4.98 Å². The van der Waals surface area contributed by atoms with Crippen LogP contribution < -0.4 is 11.1 Å². The number of hydrogen-bond acceptors (Lipinski definition) is 6. The number of fused-ring (bicyclic) bond motifs is 3. The SMILES string of the molecule is CN(C)[C@H]1CC[C@H](Nc2nc(N)nc3sc4c(c23)CCC4)CC1. The van der Waals surface area contributed by atoms with Gasteiger partial charge in [0, 0.05) is 17.0 Å². The van der Waals surface area contributed by atoms with Crippen molar-refractivity contribution in [3.63, 3.8) is 0 Å². The second-order valence-corrected chi connectivity index (χ2v) is 8.16. The number of nitrogens with two attached hydrogens (primary N) is 1. The molecule has 124 valence electrons. The first-order valence-corrected chi connectivity index (χ1v) is 9.44. The molecule has 0 bridgehead atoms. The molecule has 0 saturated heterocycles. The minimum absolute atomic E-state index is 0.391. The van der Waals surface area contributed by atoms with Gasteiger partial charge in [-0.25, -0.2) is 4.98 Å². The maximum atomic E-state index is 5.95. The van der Waals surface area contributed by atoms with Gasteiger partial charge in [-0.3, -0.25) is 0 Å². The molecule has 5 nitrogen and oxygen atoms in total. The first-order chi connectivity index (χ1) is 11.1. The quantitative estimate of drug-likeness (QED) is 0.905. The first-order valence-electron chi connectivity index (χ1n) is 8.62. The van der Waals surface area contributed by atoms with Gasteiger partial charge in [-0.15, -0.1) is 11.3 Å². The Morgan fingerprint density at radius 1 is 1.13 bits per heavy atom. The zero-order valence-corrected chi connectivity index (χ0v) is 14.7. The zero-order valence-electron chi connectivity index (χ0n) is 13.9. The third kappa shape index (κ3) is 2.78. The van der Waals surface area contributed by atoms with Gasteiger partial charge in [-0.05, 0) is 64.6 Å². The highest BCUT2D eigenvalue weighted by atomic mass is 32.1. The van der Waals surface area contributed by atoms with Crippen LogP contribution in [-0.2, 0) is 12.8 Å². The standard InChI is InChI=1S/C17H25N5S/c1-22(2)11-8-6-10(7-9-11)19-15-14-12-4-3-5-13(12)23-16(14)21-17(18)20-15/h10-11H,3-9H2,1-2H3,(H3,18,19,20,21)/t10-,11-. The van der Waals surface area contributed by atoms with E-state index in [0.29, 0.717) is 18.0 Å². The first kappa shape index (κ1) is 15.1. The molecule has 0 spiro atoms. The summed E-state index contributed by atoms with van der Waals surface area (Å²) in [7, 11) is 4.36. The number of hydrogen-bond donors (Lipinski definition) is 2. The van der Waals surface area contributed by atoms with Gasteiger partial charge < -0.3 is 16.0 Å². The largest absolute Gasteiger partial charge is 0.368 e. The van der Waals surface area contributed by atoms with Gasteiger partial charge in [0.1, 0.15) is 10.6 Å². The smallest absolute Gasteiger partial charge is 0.223 e. The Morgan fingerprint density at radius 2 is 1.91 bits per heavy atom. The number of nitrogens with zero attached hydrogens (tertiary/aromatic N) is 3. The monoisotopic (exact) mass is 331 g/mol. The number of aromatic nitrogens is 2. The fourth-order valence-corrected chi connectivity index (χ4v) is 5.31. The maximum Gasteiger partial charge on any atom is 0.223 e. The fourth-order valence-electron chi connectivity index (χ4n) is 4.05. The molecule has 0 amide bonds. The van der Waals surface area contributed by atoms with E-state index in [4.69, 9.17) is 5.73 Å². The van der Waals surface area contributed by atoms with Crippen LogP contribution in [0.4, 0.5) is 11.8 Å². The van der Waals surface area contributed by atoms with Crippen molar-refractivity contribution >= 4 is 33.3 Å². The molecule has 2 aromatic rings. The molecule has 2 aliphatic carbocycles. The Kier molecular flexibility index (Phi) is 3.89. The van der Waals surface area contributed by atoms with Crippen LogP contribution >= 0.6 is 11.3 Å². The molecule has 2 heterocycles. The predicted molar refractivity (Wildman–Crippen MR) is 97.2 cm³/mol. The van der Waals surface area contributed by atoms with Crippen molar-refractivity contribution in [2.24, 2.45) is 0 Å². The molecule has 3 N–H and O–H groups in total. The van der Waals surface area contributed by atoms with E-state index in [9.17, 15) is 0 Å². The van der Waals surface area contributed by atoms with Crippen molar-refractivity contribution < 1.29 is 0 Å². The summed E-state index contributed by atoms with van der Waals surface area (Å²) in [5, 5.41) is 4.94. The van der Waals surface area contributed by atoms with Crippen LogP contribution in [0, 0.1) is 0 Å². The number of aryl methyl sites for hydroxylation is 2. The summed E-state index contributed by atoms with van der Waals surface area (Å²) >= 11 is 1.80. The second kappa shape index (κ2) is 5.91. The van der Waals surface area contributed by atoms with Gasteiger partial charge in [0.2, 0.25) is 5.95 Å². The third-order valence-corrected chi connectivity index (χ3v) is 6.54. The van der Waals surface area contributed by atoms with E-state index in [2.05, 4.69) is 34.3 Å². The molecule has 0 unspecified atom stereocenters. The molecule has 0 aliphatic heterocycles. The Balaban J connectivity index is 1.59. The third-order valence-electron chi connectivity index (χ3n) is 5.35. The average Bonchev–Trinajstić information content (AvgIpc) is 3.07. The van der Waals surface area contributed by atoms with Gasteiger partial charge in [0.25, 0.3) is 0 Å². The number of nitrogen functional groups attached to an aromatic ring is 1. The van der Waals surface area contributed by atoms with Crippen LogP contribution in [0.5, 0.6) is 0 Å². The lowest BCUT2D eigenvalue weighted by atomic mass is 9.90. The van der Waals surface area contributed by atoms with Crippen molar-refractivity contribution in [2.75, 3.05) is 25.1 Å². The van der Waals surface area contributed by atoms with E-state index in [1.807, 2.05) is 0 Å². The molecular weight excluding hydrogens is 306 g/mol. The van der Waals surface area contributed by atoms with Crippen LogP contribution in [0.15, 0.2) is 0 Å². The summed E-state index contributed by atoms with van der Waals surface area (Å²) in [5.41, 5.74) is 7.42. The minimum atomic E-state index is 0.391. The molecule has 1 saturated carbocycles. The molecule has 0 radical (unpaired) electrons. The van der Waals surface area contributed by atoms with E-state index in [1.165, 1.54) is 54.4 Å². The minimum Gasteiger partial charge on any atom is -0.368 e. The number of nitrogens with one attached hydrogen (secondary N) is 1. The number of anilines is 2.